The molecule has 0 fully saturated rings. The monoisotopic (exact) mass is 404 g/mol. The van der Waals surface area contributed by atoms with Gasteiger partial charge in [-0.15, -0.1) is 0 Å². The minimum Gasteiger partial charge on any atom is -0.463 e. The average Bonchev–Trinajstić information content (AvgIpc) is 3.28. The van der Waals surface area contributed by atoms with E-state index in [1.807, 2.05) is 0 Å². The number of ether oxygens (including phenoxy) is 1. The van der Waals surface area contributed by atoms with Crippen LogP contribution >= 0.6 is 0 Å². The molecule has 0 spiro atoms. The minimum atomic E-state index is -0.694. The number of carbonyl (C=O) groups is 2. The Labute approximate surface area is 171 Å². The van der Waals surface area contributed by atoms with Crippen molar-refractivity contribution in [2.75, 3.05) is 11.9 Å². The Morgan fingerprint density at radius 1 is 1.10 bits per heavy atom. The highest BCUT2D eigenvalue weighted by Crippen LogP contribution is 2.25. The van der Waals surface area contributed by atoms with Crippen molar-refractivity contribution >= 4 is 28.5 Å². The smallest absolute Gasteiger partial charge is 0.339 e. The van der Waals surface area contributed by atoms with E-state index in [4.69, 9.17) is 9.15 Å². The summed E-state index contributed by atoms with van der Waals surface area (Å²) in [4.78, 5) is 29.3. The van der Waals surface area contributed by atoms with Gasteiger partial charge in [0, 0.05) is 5.39 Å². The number of amides is 1. The van der Waals surface area contributed by atoms with Crippen molar-refractivity contribution in [1.82, 2.24) is 4.98 Å². The van der Waals surface area contributed by atoms with Crippen molar-refractivity contribution in [2.24, 2.45) is 0 Å². The fraction of sp³-hybridized carbons (Fsp3) is 0.0870. The molecule has 0 aliphatic carbocycles. The molecule has 2 aromatic heterocycles. The van der Waals surface area contributed by atoms with Crippen LogP contribution in [0, 0.1) is 12.7 Å². The van der Waals surface area contributed by atoms with E-state index in [2.05, 4.69) is 10.3 Å². The summed E-state index contributed by atoms with van der Waals surface area (Å²) in [7, 11) is 0. The van der Waals surface area contributed by atoms with E-state index >= 15 is 0 Å². The normalized spacial score (nSPS) is 10.7. The fourth-order valence-electron chi connectivity index (χ4n) is 3.01. The quantitative estimate of drug-likeness (QED) is 0.486. The van der Waals surface area contributed by atoms with E-state index in [1.54, 1.807) is 55.5 Å². The Hall–Kier alpha value is -4.00. The van der Waals surface area contributed by atoms with Crippen molar-refractivity contribution in [3.05, 3.63) is 83.9 Å². The second kappa shape index (κ2) is 8.16. The van der Waals surface area contributed by atoms with Gasteiger partial charge in [0.15, 0.2) is 12.4 Å². The Morgan fingerprint density at radius 3 is 2.70 bits per heavy atom. The predicted octanol–water partition coefficient (Wildman–Crippen LogP) is 4.74. The summed E-state index contributed by atoms with van der Waals surface area (Å²) in [5.74, 6) is -1.39. The molecule has 0 aliphatic heterocycles. The molecule has 4 rings (SSSR count). The number of halogens is 1. The number of furan rings is 1. The molecular formula is C23H17FN2O4. The third-order valence-electron chi connectivity index (χ3n) is 4.44. The van der Waals surface area contributed by atoms with E-state index in [9.17, 15) is 14.0 Å². The van der Waals surface area contributed by atoms with Crippen molar-refractivity contribution in [3.8, 4) is 11.5 Å². The number of aryl methyl sites for hydroxylation is 1. The third-order valence-corrected chi connectivity index (χ3v) is 4.44. The number of nitrogens with zero attached hydrogens (tertiary/aromatic N) is 1. The lowest BCUT2D eigenvalue weighted by Gasteiger charge is -2.10. The van der Waals surface area contributed by atoms with E-state index in [-0.39, 0.29) is 11.3 Å². The maximum absolute atomic E-state index is 13.9. The first kappa shape index (κ1) is 19.3. The van der Waals surface area contributed by atoms with E-state index in [1.165, 1.54) is 18.4 Å². The molecule has 7 heteroatoms. The van der Waals surface area contributed by atoms with E-state index in [0.717, 1.165) is 5.56 Å². The summed E-state index contributed by atoms with van der Waals surface area (Å²) in [6.45, 7) is 1.19. The Kier molecular flexibility index (Phi) is 5.26. The maximum Gasteiger partial charge on any atom is 0.339 e. The van der Waals surface area contributed by atoms with Crippen LogP contribution in [0.25, 0.3) is 22.4 Å². The molecule has 0 radical (unpaired) electrons. The topological polar surface area (TPSA) is 81.4 Å². The number of benzene rings is 2. The first-order valence-corrected chi connectivity index (χ1v) is 9.18. The van der Waals surface area contributed by atoms with Gasteiger partial charge < -0.3 is 14.5 Å². The predicted molar refractivity (Wildman–Crippen MR) is 109 cm³/mol. The molecule has 0 bridgehead atoms. The van der Waals surface area contributed by atoms with Crippen LogP contribution in [0.3, 0.4) is 0 Å². The van der Waals surface area contributed by atoms with Gasteiger partial charge in [0.05, 0.1) is 23.0 Å². The fourth-order valence-corrected chi connectivity index (χ4v) is 3.01. The van der Waals surface area contributed by atoms with Gasteiger partial charge in [0.2, 0.25) is 0 Å². The van der Waals surface area contributed by atoms with Gasteiger partial charge in [-0.1, -0.05) is 24.3 Å². The Morgan fingerprint density at radius 2 is 1.93 bits per heavy atom. The van der Waals surface area contributed by atoms with E-state index in [0.29, 0.717) is 22.4 Å². The largest absolute Gasteiger partial charge is 0.463 e. The molecule has 0 atom stereocenters. The second-order valence-electron chi connectivity index (χ2n) is 6.66. The Balaban J connectivity index is 1.53. The standard InChI is InChI=1S/C23H17FN2O4/c1-14-8-9-19(17(24)11-14)26-22(27)13-30-23(28)16-12-20(21-7-4-10-29-21)25-18-6-3-2-5-15(16)18/h2-12H,13H2,1H3,(H,26,27). The van der Waals surface area contributed by atoms with Crippen LogP contribution in [0.2, 0.25) is 0 Å². The van der Waals surface area contributed by atoms with Crippen molar-refractivity contribution < 1.29 is 23.1 Å². The summed E-state index contributed by atoms with van der Waals surface area (Å²) in [5.41, 5.74) is 2.06. The van der Waals surface area contributed by atoms with Crippen LogP contribution in [0.15, 0.2) is 71.3 Å². The number of carbonyl (C=O) groups excluding carboxylic acids is 2. The molecule has 1 amide bonds. The van der Waals surface area contributed by atoms with Crippen LogP contribution in [0.4, 0.5) is 10.1 Å². The number of aromatic nitrogens is 1. The summed E-state index contributed by atoms with van der Waals surface area (Å²) >= 11 is 0. The molecule has 0 aliphatic rings. The second-order valence-corrected chi connectivity index (χ2v) is 6.66. The third kappa shape index (κ3) is 4.05. The van der Waals surface area contributed by atoms with Gasteiger partial charge >= 0.3 is 5.97 Å². The molecule has 4 aromatic rings. The first-order chi connectivity index (χ1) is 14.5. The number of hydrogen-bond acceptors (Lipinski definition) is 5. The molecule has 1 N–H and O–H groups in total. The lowest BCUT2D eigenvalue weighted by molar-refractivity contribution is -0.119. The number of esters is 1. The number of pyridine rings is 1. The molecular weight excluding hydrogens is 387 g/mol. The van der Waals surface area contributed by atoms with E-state index < -0.39 is 24.3 Å². The van der Waals surface area contributed by atoms with Gasteiger partial charge in [-0.3, -0.25) is 4.79 Å². The number of para-hydroxylation sites is 1. The number of fused-ring (bicyclic) bond motifs is 1. The van der Waals surface area contributed by atoms with Gasteiger partial charge in [0.25, 0.3) is 5.91 Å². The van der Waals surface area contributed by atoms with Crippen LogP contribution in [0.1, 0.15) is 15.9 Å². The maximum atomic E-state index is 13.9. The molecule has 2 aromatic carbocycles. The SMILES string of the molecule is Cc1ccc(NC(=O)COC(=O)c2cc(-c3ccco3)nc3ccccc23)c(F)c1. The summed E-state index contributed by atoms with van der Waals surface area (Å²) < 4.78 is 24.4. The van der Waals surface area contributed by atoms with Crippen LogP contribution in [-0.2, 0) is 9.53 Å². The summed E-state index contributed by atoms with van der Waals surface area (Å²) in [6, 6.07) is 16.5. The summed E-state index contributed by atoms with van der Waals surface area (Å²) in [5, 5.41) is 2.98. The highest BCUT2D eigenvalue weighted by atomic mass is 19.1. The lowest BCUT2D eigenvalue weighted by atomic mass is 10.1. The van der Waals surface area contributed by atoms with Gasteiger partial charge in [-0.25, -0.2) is 14.2 Å². The van der Waals surface area contributed by atoms with Crippen molar-refractivity contribution in [1.29, 1.82) is 0 Å². The van der Waals surface area contributed by atoms with Gasteiger partial charge in [-0.05, 0) is 48.9 Å². The van der Waals surface area contributed by atoms with Gasteiger partial charge in [-0.2, -0.15) is 0 Å². The van der Waals surface area contributed by atoms with Crippen LogP contribution in [-0.4, -0.2) is 23.5 Å². The first-order valence-electron chi connectivity index (χ1n) is 9.18. The molecule has 0 saturated carbocycles. The van der Waals surface area contributed by atoms with Crippen molar-refractivity contribution in [2.45, 2.75) is 6.92 Å². The highest BCUT2D eigenvalue weighted by molar-refractivity contribution is 6.05. The number of rotatable bonds is 5. The molecule has 2 heterocycles. The van der Waals surface area contributed by atoms with Crippen LogP contribution < -0.4 is 5.32 Å². The number of hydrogen-bond donors (Lipinski definition) is 1. The molecule has 30 heavy (non-hydrogen) atoms. The average molecular weight is 404 g/mol. The van der Waals surface area contributed by atoms with Crippen molar-refractivity contribution in [3.63, 3.8) is 0 Å². The zero-order valence-corrected chi connectivity index (χ0v) is 16.0. The molecule has 0 unspecified atom stereocenters. The number of anilines is 1. The summed E-state index contributed by atoms with van der Waals surface area (Å²) in [6.07, 6.45) is 1.51. The Bertz CT molecular complexity index is 1240. The highest BCUT2D eigenvalue weighted by Gasteiger charge is 2.18. The van der Waals surface area contributed by atoms with Gasteiger partial charge in [0.1, 0.15) is 11.5 Å². The van der Waals surface area contributed by atoms with Crippen LogP contribution in [0.5, 0.6) is 0 Å². The number of nitrogens with one attached hydrogen (secondary N) is 1. The zero-order valence-electron chi connectivity index (χ0n) is 16.0. The zero-order chi connectivity index (χ0) is 21.1. The molecule has 150 valence electrons. The molecule has 0 saturated heterocycles. The molecule has 6 nitrogen and oxygen atoms in total. The lowest BCUT2D eigenvalue weighted by Crippen LogP contribution is -2.21. The minimum absolute atomic E-state index is 0.0242.